The molecule has 12 rings (SSSR count). The standard InChI is InChI=1S/C60H42N2Si/c1-6-20-43(21-7-1)45-36-39-47(40-37-45)61-55-41-38-46(44-22-8-2-9-23-44)42-53(55)59-56(61)33-19-34-57(59)62-54-32-17-16-30-51(54)52-31-18-35-58(60(52)62)63(48-24-10-3-11-25-48,49-26-12-4-13-27-49)50-28-14-5-15-29-50/h1-42H. The van der Waals surface area contributed by atoms with E-state index in [1.807, 2.05) is 0 Å². The Balaban J connectivity index is 1.22. The Hall–Kier alpha value is -7.98. The van der Waals surface area contributed by atoms with Crippen LogP contribution in [-0.2, 0) is 0 Å². The van der Waals surface area contributed by atoms with Gasteiger partial charge in [-0.3, -0.25) is 0 Å². The molecule has 2 nitrogen and oxygen atoms in total. The molecule has 0 saturated heterocycles. The van der Waals surface area contributed by atoms with E-state index in [0.717, 1.165) is 11.4 Å². The van der Waals surface area contributed by atoms with Crippen LogP contribution in [0.4, 0.5) is 0 Å². The fraction of sp³-hybridized carbons (Fsp3) is 0. The van der Waals surface area contributed by atoms with Crippen molar-refractivity contribution in [2.75, 3.05) is 0 Å². The number of hydrogen-bond donors (Lipinski definition) is 0. The normalized spacial score (nSPS) is 11.8. The second kappa shape index (κ2) is 15.2. The minimum absolute atomic E-state index is 1.13. The monoisotopic (exact) mass is 818 g/mol. The molecule has 0 unspecified atom stereocenters. The van der Waals surface area contributed by atoms with Gasteiger partial charge >= 0.3 is 0 Å². The first-order chi connectivity index (χ1) is 31.3. The third-order valence-corrected chi connectivity index (χ3v) is 17.9. The molecule has 0 spiro atoms. The van der Waals surface area contributed by atoms with Crippen molar-refractivity contribution >= 4 is 72.4 Å². The molecule has 2 aromatic heterocycles. The average molecular weight is 819 g/mol. The number of aromatic nitrogens is 2. The van der Waals surface area contributed by atoms with Crippen LogP contribution in [0.3, 0.4) is 0 Å². The number of nitrogens with zero attached hydrogens (tertiary/aromatic N) is 2. The molecule has 0 aliphatic carbocycles. The zero-order valence-electron chi connectivity index (χ0n) is 34.6. The number of rotatable bonds is 8. The van der Waals surface area contributed by atoms with E-state index in [2.05, 4.69) is 264 Å². The maximum Gasteiger partial charge on any atom is 0.181 e. The van der Waals surface area contributed by atoms with Crippen molar-refractivity contribution in [2.45, 2.75) is 0 Å². The van der Waals surface area contributed by atoms with Crippen molar-refractivity contribution < 1.29 is 0 Å². The highest BCUT2D eigenvalue weighted by Crippen LogP contribution is 2.41. The van der Waals surface area contributed by atoms with Gasteiger partial charge in [0.2, 0.25) is 0 Å². The molecule has 0 aliphatic heterocycles. The van der Waals surface area contributed by atoms with E-state index < -0.39 is 8.07 Å². The largest absolute Gasteiger partial charge is 0.309 e. The predicted molar refractivity (Wildman–Crippen MR) is 270 cm³/mol. The fourth-order valence-corrected chi connectivity index (χ4v) is 15.3. The van der Waals surface area contributed by atoms with Crippen molar-refractivity contribution in [3.63, 3.8) is 0 Å². The topological polar surface area (TPSA) is 9.86 Å². The first-order valence-electron chi connectivity index (χ1n) is 21.8. The van der Waals surface area contributed by atoms with Gasteiger partial charge in [-0.1, -0.05) is 212 Å². The highest BCUT2D eigenvalue weighted by Gasteiger charge is 2.43. The maximum atomic E-state index is 2.61. The second-order valence-electron chi connectivity index (χ2n) is 16.4. The van der Waals surface area contributed by atoms with Crippen LogP contribution in [0.1, 0.15) is 0 Å². The minimum atomic E-state index is -2.97. The number of para-hydroxylation sites is 2. The smallest absolute Gasteiger partial charge is 0.181 e. The summed E-state index contributed by atoms with van der Waals surface area (Å²) in [4.78, 5) is 0. The molecule has 296 valence electrons. The summed E-state index contributed by atoms with van der Waals surface area (Å²) in [5, 5.41) is 10.4. The molecule has 0 fully saturated rings. The Bertz CT molecular complexity index is 3480. The van der Waals surface area contributed by atoms with Crippen LogP contribution < -0.4 is 20.7 Å². The molecular formula is C60H42N2Si. The van der Waals surface area contributed by atoms with E-state index in [-0.39, 0.29) is 0 Å². The van der Waals surface area contributed by atoms with E-state index in [1.54, 1.807) is 0 Å². The van der Waals surface area contributed by atoms with E-state index in [0.29, 0.717) is 0 Å². The summed E-state index contributed by atoms with van der Waals surface area (Å²) >= 11 is 0. The third kappa shape index (κ3) is 5.85. The lowest BCUT2D eigenvalue weighted by Crippen LogP contribution is -2.75. The highest BCUT2D eigenvalue weighted by molar-refractivity contribution is 7.20. The number of benzene rings is 10. The summed E-state index contributed by atoms with van der Waals surface area (Å²) < 4.78 is 5.07. The maximum absolute atomic E-state index is 2.97. The summed E-state index contributed by atoms with van der Waals surface area (Å²) in [5.74, 6) is 0. The van der Waals surface area contributed by atoms with Crippen molar-refractivity contribution in [1.82, 2.24) is 9.13 Å². The van der Waals surface area contributed by atoms with Gasteiger partial charge in [-0.2, -0.15) is 0 Å². The minimum Gasteiger partial charge on any atom is -0.309 e. The number of hydrogen-bond acceptors (Lipinski definition) is 0. The molecule has 12 aromatic rings. The molecule has 0 aliphatic rings. The molecular weight excluding hydrogens is 777 g/mol. The van der Waals surface area contributed by atoms with Gasteiger partial charge in [0, 0.05) is 27.2 Å². The van der Waals surface area contributed by atoms with Crippen molar-refractivity contribution in [3.8, 4) is 33.6 Å². The molecule has 0 N–H and O–H groups in total. The molecule has 3 heteroatoms. The van der Waals surface area contributed by atoms with E-state index in [9.17, 15) is 0 Å². The first-order valence-corrected chi connectivity index (χ1v) is 23.8. The molecule has 0 bridgehead atoms. The molecule has 63 heavy (non-hydrogen) atoms. The fourth-order valence-electron chi connectivity index (χ4n) is 10.4. The molecule has 0 atom stereocenters. The third-order valence-electron chi connectivity index (χ3n) is 13.1. The summed E-state index contributed by atoms with van der Waals surface area (Å²) in [7, 11) is -2.97. The SMILES string of the molecule is c1ccc(-c2ccc(-n3c4ccc(-c5ccccc5)cc4c4c(-n5c6ccccc6c6cccc([Si](c7ccccc7)(c7ccccc7)c7ccccc7)c65)cccc43)cc2)cc1. The van der Waals surface area contributed by atoms with Gasteiger partial charge in [-0.05, 0) is 85.5 Å². The summed E-state index contributed by atoms with van der Waals surface area (Å²) in [5.41, 5.74) is 11.9. The van der Waals surface area contributed by atoms with E-state index in [4.69, 9.17) is 0 Å². The van der Waals surface area contributed by atoms with Crippen LogP contribution in [0.25, 0.3) is 77.2 Å². The molecule has 2 heterocycles. The molecule has 0 saturated carbocycles. The van der Waals surface area contributed by atoms with Crippen LogP contribution in [0.15, 0.2) is 255 Å². The summed E-state index contributed by atoms with van der Waals surface area (Å²) in [6, 6.07) is 94.3. The Morgan fingerprint density at radius 1 is 0.286 bits per heavy atom. The van der Waals surface area contributed by atoms with Crippen molar-refractivity contribution in [3.05, 3.63) is 255 Å². The van der Waals surface area contributed by atoms with Crippen LogP contribution >= 0.6 is 0 Å². The second-order valence-corrected chi connectivity index (χ2v) is 20.2. The van der Waals surface area contributed by atoms with Gasteiger partial charge in [0.15, 0.2) is 8.07 Å². The van der Waals surface area contributed by atoms with Crippen LogP contribution in [0, 0.1) is 0 Å². The lowest BCUT2D eigenvalue weighted by molar-refractivity contribution is 1.17. The Kier molecular flexibility index (Phi) is 8.87. The molecule has 0 amide bonds. The Labute approximate surface area is 368 Å². The van der Waals surface area contributed by atoms with Crippen molar-refractivity contribution in [2.24, 2.45) is 0 Å². The Morgan fingerprint density at radius 3 is 1.37 bits per heavy atom. The zero-order valence-corrected chi connectivity index (χ0v) is 35.6. The van der Waals surface area contributed by atoms with E-state index in [1.165, 1.54) is 86.6 Å². The molecule has 0 radical (unpaired) electrons. The average Bonchev–Trinajstić information content (AvgIpc) is 3.89. The lowest BCUT2D eigenvalue weighted by atomic mass is 10.0. The van der Waals surface area contributed by atoms with Gasteiger partial charge in [0.25, 0.3) is 0 Å². The summed E-state index contributed by atoms with van der Waals surface area (Å²) in [6.07, 6.45) is 0. The van der Waals surface area contributed by atoms with Gasteiger partial charge in [-0.15, -0.1) is 0 Å². The van der Waals surface area contributed by atoms with Crippen LogP contribution in [0.5, 0.6) is 0 Å². The van der Waals surface area contributed by atoms with Gasteiger partial charge < -0.3 is 9.13 Å². The number of fused-ring (bicyclic) bond motifs is 6. The van der Waals surface area contributed by atoms with Gasteiger partial charge in [0.1, 0.15) is 0 Å². The highest BCUT2D eigenvalue weighted by atomic mass is 28.3. The Morgan fingerprint density at radius 2 is 0.746 bits per heavy atom. The quantitative estimate of drug-likeness (QED) is 0.107. The van der Waals surface area contributed by atoms with E-state index >= 15 is 0 Å². The molecule has 10 aromatic carbocycles. The zero-order chi connectivity index (χ0) is 41.7. The lowest BCUT2D eigenvalue weighted by Gasteiger charge is -2.35. The van der Waals surface area contributed by atoms with Crippen molar-refractivity contribution in [1.29, 1.82) is 0 Å². The predicted octanol–water partition coefficient (Wildman–Crippen LogP) is 12.6. The first kappa shape index (κ1) is 36.8. The summed E-state index contributed by atoms with van der Waals surface area (Å²) in [6.45, 7) is 0. The van der Waals surface area contributed by atoms with Crippen LogP contribution in [0.2, 0.25) is 0 Å². The van der Waals surface area contributed by atoms with Gasteiger partial charge in [0.05, 0.1) is 27.8 Å². The van der Waals surface area contributed by atoms with Crippen LogP contribution in [-0.4, -0.2) is 17.2 Å². The van der Waals surface area contributed by atoms with Gasteiger partial charge in [-0.25, -0.2) is 0 Å².